The van der Waals surface area contributed by atoms with Crippen LogP contribution in [0.15, 0.2) is 12.1 Å². The highest BCUT2D eigenvalue weighted by Crippen LogP contribution is 2.18. The summed E-state index contributed by atoms with van der Waals surface area (Å²) < 4.78 is 0. The van der Waals surface area contributed by atoms with Gasteiger partial charge in [-0.25, -0.2) is 4.79 Å². The normalized spacial score (nSPS) is 10.2. The molecule has 4 nitrogen and oxygen atoms in total. The van der Waals surface area contributed by atoms with Crippen LogP contribution in [0.2, 0.25) is 0 Å². The molecule has 1 rings (SSSR count). The van der Waals surface area contributed by atoms with Gasteiger partial charge in [0, 0.05) is 6.54 Å². The van der Waals surface area contributed by atoms with E-state index in [1.165, 1.54) is 0 Å². The van der Waals surface area contributed by atoms with Crippen molar-refractivity contribution in [1.82, 2.24) is 5.32 Å². The van der Waals surface area contributed by atoms with E-state index < -0.39 is 5.97 Å². The van der Waals surface area contributed by atoms with Crippen molar-refractivity contribution in [1.29, 1.82) is 0 Å². The molecule has 1 aromatic rings. The molecule has 0 aromatic heterocycles. The van der Waals surface area contributed by atoms with Gasteiger partial charge in [0.25, 0.3) is 5.91 Å². The molecule has 0 aliphatic rings. The summed E-state index contributed by atoms with van der Waals surface area (Å²) in [4.78, 5) is 23.3. The zero-order valence-corrected chi connectivity index (χ0v) is 11.0. The van der Waals surface area contributed by atoms with Crippen molar-refractivity contribution in [3.05, 3.63) is 34.4 Å². The molecule has 0 unspecified atom stereocenters. The lowest BCUT2D eigenvalue weighted by Gasteiger charge is -2.12. The minimum Gasteiger partial charge on any atom is -0.478 e. The average molecular weight is 249 g/mol. The van der Waals surface area contributed by atoms with E-state index in [0.29, 0.717) is 17.7 Å². The summed E-state index contributed by atoms with van der Waals surface area (Å²) in [6.07, 6.45) is 1.87. The van der Waals surface area contributed by atoms with Gasteiger partial charge in [-0.15, -0.1) is 0 Å². The standard InChI is InChI=1S/C14H19NO3/c1-4-5-8-15-13(16)11-9(2)6-7-10(3)12(11)14(17)18/h6-7H,4-5,8H2,1-3H3,(H,15,16)(H,17,18). The molecular formula is C14H19NO3. The minimum absolute atomic E-state index is 0.101. The molecule has 98 valence electrons. The van der Waals surface area contributed by atoms with E-state index in [4.69, 9.17) is 0 Å². The van der Waals surface area contributed by atoms with Crippen molar-refractivity contribution < 1.29 is 14.7 Å². The monoisotopic (exact) mass is 249 g/mol. The largest absolute Gasteiger partial charge is 0.478 e. The second-order valence-electron chi connectivity index (χ2n) is 4.36. The minimum atomic E-state index is -1.06. The molecule has 0 saturated heterocycles. The number of unbranched alkanes of at least 4 members (excludes halogenated alkanes) is 1. The van der Waals surface area contributed by atoms with Crippen molar-refractivity contribution >= 4 is 11.9 Å². The number of aryl methyl sites for hydroxylation is 2. The van der Waals surface area contributed by atoms with Crippen molar-refractivity contribution in [3.8, 4) is 0 Å². The quantitative estimate of drug-likeness (QED) is 0.788. The fraction of sp³-hybridized carbons (Fsp3) is 0.429. The van der Waals surface area contributed by atoms with Gasteiger partial charge < -0.3 is 10.4 Å². The number of rotatable bonds is 5. The predicted octanol–water partition coefficient (Wildman–Crippen LogP) is 2.53. The number of carboxylic acids is 1. The van der Waals surface area contributed by atoms with E-state index in [1.54, 1.807) is 26.0 Å². The number of benzene rings is 1. The molecule has 0 saturated carbocycles. The highest BCUT2D eigenvalue weighted by Gasteiger charge is 2.20. The zero-order valence-electron chi connectivity index (χ0n) is 11.0. The van der Waals surface area contributed by atoms with Crippen molar-refractivity contribution in [3.63, 3.8) is 0 Å². The zero-order chi connectivity index (χ0) is 13.7. The topological polar surface area (TPSA) is 66.4 Å². The van der Waals surface area contributed by atoms with Crippen LogP contribution in [0, 0.1) is 13.8 Å². The maximum Gasteiger partial charge on any atom is 0.336 e. The summed E-state index contributed by atoms with van der Waals surface area (Å²) in [6, 6.07) is 3.50. The van der Waals surface area contributed by atoms with E-state index in [2.05, 4.69) is 5.32 Å². The second-order valence-corrected chi connectivity index (χ2v) is 4.36. The molecule has 0 radical (unpaired) electrons. The van der Waals surface area contributed by atoms with Gasteiger partial charge >= 0.3 is 5.97 Å². The average Bonchev–Trinajstić information content (AvgIpc) is 2.31. The summed E-state index contributed by atoms with van der Waals surface area (Å²) in [7, 11) is 0. The van der Waals surface area contributed by atoms with Crippen LogP contribution in [0.4, 0.5) is 0 Å². The Labute approximate surface area is 107 Å². The Bertz CT molecular complexity index is 466. The number of carboxylic acid groups (broad SMARTS) is 1. The highest BCUT2D eigenvalue weighted by atomic mass is 16.4. The van der Waals surface area contributed by atoms with Crippen LogP contribution >= 0.6 is 0 Å². The number of hydrogen-bond acceptors (Lipinski definition) is 2. The molecule has 0 aliphatic carbocycles. The van der Waals surface area contributed by atoms with Gasteiger partial charge in [0.05, 0.1) is 11.1 Å². The Morgan fingerprint density at radius 2 is 1.72 bits per heavy atom. The van der Waals surface area contributed by atoms with Gasteiger partial charge in [0.2, 0.25) is 0 Å². The molecule has 1 amide bonds. The van der Waals surface area contributed by atoms with Crippen LogP contribution in [-0.2, 0) is 0 Å². The Balaban J connectivity index is 3.10. The highest BCUT2D eigenvalue weighted by molar-refractivity contribution is 6.06. The molecule has 0 atom stereocenters. The number of nitrogens with one attached hydrogen (secondary N) is 1. The fourth-order valence-electron chi connectivity index (χ4n) is 1.85. The Morgan fingerprint density at radius 1 is 1.17 bits per heavy atom. The van der Waals surface area contributed by atoms with Gasteiger partial charge in [0.1, 0.15) is 0 Å². The van der Waals surface area contributed by atoms with Crippen molar-refractivity contribution in [2.75, 3.05) is 6.54 Å². The first-order valence-corrected chi connectivity index (χ1v) is 6.10. The van der Waals surface area contributed by atoms with Gasteiger partial charge in [-0.1, -0.05) is 25.5 Å². The van der Waals surface area contributed by atoms with Gasteiger partial charge in [-0.2, -0.15) is 0 Å². The van der Waals surface area contributed by atoms with Crippen molar-refractivity contribution in [2.45, 2.75) is 33.6 Å². The van der Waals surface area contributed by atoms with E-state index >= 15 is 0 Å². The third kappa shape index (κ3) is 3.09. The molecule has 0 heterocycles. The molecule has 0 fully saturated rings. The van der Waals surface area contributed by atoms with Crippen LogP contribution in [0.25, 0.3) is 0 Å². The summed E-state index contributed by atoms with van der Waals surface area (Å²) in [5, 5.41) is 12.0. The molecule has 1 aromatic carbocycles. The van der Waals surface area contributed by atoms with Crippen LogP contribution < -0.4 is 5.32 Å². The summed E-state index contributed by atoms with van der Waals surface area (Å²) >= 11 is 0. The van der Waals surface area contributed by atoms with Crippen molar-refractivity contribution in [2.24, 2.45) is 0 Å². The summed E-state index contributed by atoms with van der Waals surface area (Å²) in [6.45, 7) is 6.06. The third-order valence-electron chi connectivity index (χ3n) is 2.88. The molecule has 0 aliphatic heterocycles. The number of amides is 1. The Morgan fingerprint density at radius 3 is 2.22 bits per heavy atom. The van der Waals surface area contributed by atoms with Crippen LogP contribution in [0.1, 0.15) is 51.6 Å². The van der Waals surface area contributed by atoms with E-state index in [9.17, 15) is 14.7 Å². The number of carbonyl (C=O) groups is 2. The molecule has 0 spiro atoms. The predicted molar refractivity (Wildman–Crippen MR) is 70.1 cm³/mol. The number of carbonyl (C=O) groups excluding carboxylic acids is 1. The maximum absolute atomic E-state index is 12.0. The second kappa shape index (κ2) is 6.19. The molecule has 18 heavy (non-hydrogen) atoms. The molecule has 4 heteroatoms. The Kier molecular flexibility index (Phi) is 4.89. The van der Waals surface area contributed by atoms with Gasteiger partial charge in [-0.3, -0.25) is 4.79 Å². The first-order valence-electron chi connectivity index (χ1n) is 6.10. The SMILES string of the molecule is CCCCNC(=O)c1c(C)ccc(C)c1C(=O)O. The maximum atomic E-state index is 12.0. The van der Waals surface area contributed by atoms with Crippen LogP contribution in [0.5, 0.6) is 0 Å². The number of aromatic carboxylic acids is 1. The number of hydrogen-bond donors (Lipinski definition) is 2. The van der Waals surface area contributed by atoms with Gasteiger partial charge in [-0.05, 0) is 31.4 Å². The first-order chi connectivity index (χ1) is 8.49. The lowest BCUT2D eigenvalue weighted by atomic mass is 9.96. The summed E-state index contributed by atoms with van der Waals surface area (Å²) in [5.41, 5.74) is 1.67. The van der Waals surface area contributed by atoms with E-state index in [1.807, 2.05) is 6.92 Å². The van der Waals surface area contributed by atoms with E-state index in [0.717, 1.165) is 12.8 Å². The smallest absolute Gasteiger partial charge is 0.336 e. The molecule has 2 N–H and O–H groups in total. The molecule has 0 bridgehead atoms. The van der Waals surface area contributed by atoms with Gasteiger partial charge in [0.15, 0.2) is 0 Å². The van der Waals surface area contributed by atoms with Crippen LogP contribution in [0.3, 0.4) is 0 Å². The first kappa shape index (κ1) is 14.2. The lowest BCUT2D eigenvalue weighted by Crippen LogP contribution is -2.27. The fourth-order valence-corrected chi connectivity index (χ4v) is 1.85. The molecular weight excluding hydrogens is 230 g/mol. The van der Waals surface area contributed by atoms with E-state index in [-0.39, 0.29) is 17.0 Å². The van der Waals surface area contributed by atoms with Crippen LogP contribution in [-0.4, -0.2) is 23.5 Å². The summed E-state index contributed by atoms with van der Waals surface area (Å²) in [5.74, 6) is -1.36. The Hall–Kier alpha value is -1.84. The third-order valence-corrected chi connectivity index (χ3v) is 2.88. The lowest BCUT2D eigenvalue weighted by molar-refractivity contribution is 0.0690.